The highest BCUT2D eigenvalue weighted by Gasteiger charge is 2.39. The molecular formula is C51H34N2O2. The summed E-state index contributed by atoms with van der Waals surface area (Å²) in [4.78, 5) is 5.16. The van der Waals surface area contributed by atoms with Crippen molar-refractivity contribution in [3.8, 4) is 96.1 Å². The van der Waals surface area contributed by atoms with Crippen LogP contribution in [-0.4, -0.2) is 4.98 Å². The molecule has 0 bridgehead atoms. The maximum absolute atomic E-state index is 9.49. The summed E-state index contributed by atoms with van der Waals surface area (Å²) in [6.07, 6.45) is 0. The third-order valence-corrected chi connectivity index (χ3v) is 11.0. The lowest BCUT2D eigenvalue weighted by atomic mass is 9.82. The fourth-order valence-electron chi connectivity index (χ4n) is 8.14. The van der Waals surface area contributed by atoms with Gasteiger partial charge in [0.25, 0.3) is 0 Å². The van der Waals surface area contributed by atoms with Crippen LogP contribution in [0.15, 0.2) is 170 Å². The van der Waals surface area contributed by atoms with Gasteiger partial charge < -0.3 is 9.47 Å². The van der Waals surface area contributed by atoms with Crippen molar-refractivity contribution in [1.29, 1.82) is 5.26 Å². The molecule has 0 atom stereocenters. The summed E-state index contributed by atoms with van der Waals surface area (Å²) in [5.41, 5.74) is 15.3. The molecule has 2 heterocycles. The van der Waals surface area contributed by atoms with Gasteiger partial charge in [0.15, 0.2) is 23.0 Å². The second-order valence-electron chi connectivity index (χ2n) is 14.7. The zero-order valence-electron chi connectivity index (χ0n) is 30.4. The van der Waals surface area contributed by atoms with Crippen LogP contribution in [0.2, 0.25) is 0 Å². The quantitative estimate of drug-likeness (QED) is 0.179. The van der Waals surface area contributed by atoms with E-state index in [1.165, 1.54) is 16.7 Å². The number of rotatable bonds is 5. The molecule has 0 unspecified atom stereocenters. The van der Waals surface area contributed by atoms with Crippen molar-refractivity contribution in [2.24, 2.45) is 0 Å². The van der Waals surface area contributed by atoms with E-state index in [2.05, 4.69) is 123 Å². The Morgan fingerprint density at radius 2 is 1.09 bits per heavy atom. The standard InChI is InChI=1S/C51H34N2O2/c1-51(2)42-19-7-6-17-41(42)48-43(51)25-26-47-50(48)55-49-40(18-10-20-46(49)54-47)34-23-21-33(22-24-34)39-29-44(35-12-4-3-5-13-35)53-45(30-39)38-16-9-15-37(28-38)36-14-8-11-32(27-36)31-52/h3-30H,1-2H3. The normalized spacial score (nSPS) is 13.0. The first-order chi connectivity index (χ1) is 26.9. The first kappa shape index (κ1) is 32.4. The number of pyridine rings is 1. The Bertz CT molecular complexity index is 2850. The van der Waals surface area contributed by atoms with E-state index in [1.54, 1.807) is 0 Å². The summed E-state index contributed by atoms with van der Waals surface area (Å²) in [6, 6.07) is 60.5. The number of fused-ring (bicyclic) bond motifs is 6. The van der Waals surface area contributed by atoms with Gasteiger partial charge in [0.2, 0.25) is 0 Å². The van der Waals surface area contributed by atoms with Crippen molar-refractivity contribution in [2.75, 3.05) is 0 Å². The first-order valence-corrected chi connectivity index (χ1v) is 18.5. The fraction of sp³-hybridized carbons (Fsp3) is 0.0588. The average molecular weight is 707 g/mol. The Morgan fingerprint density at radius 1 is 0.455 bits per heavy atom. The zero-order chi connectivity index (χ0) is 37.1. The molecule has 0 amide bonds. The van der Waals surface area contributed by atoms with Gasteiger partial charge in [-0.05, 0) is 87.0 Å². The van der Waals surface area contributed by atoms with Crippen LogP contribution in [-0.2, 0) is 5.41 Å². The molecular weight excluding hydrogens is 673 g/mol. The molecule has 1 aromatic heterocycles. The van der Waals surface area contributed by atoms with E-state index in [1.807, 2.05) is 66.7 Å². The SMILES string of the molecule is CC1(C)c2ccccc2-c2c1ccc1c2Oc2c(cccc2-c2ccc(-c3cc(-c4ccccc4)nc(-c4cccc(-c5cccc(C#N)c5)c4)c3)cc2)O1. The van der Waals surface area contributed by atoms with Crippen LogP contribution in [0.4, 0.5) is 0 Å². The lowest BCUT2D eigenvalue weighted by Crippen LogP contribution is -2.15. The van der Waals surface area contributed by atoms with Gasteiger partial charge in [0.05, 0.1) is 23.0 Å². The number of benzene rings is 7. The summed E-state index contributed by atoms with van der Waals surface area (Å²) in [5, 5.41) is 9.49. The number of nitrogens with zero attached hydrogens (tertiary/aromatic N) is 2. The Balaban J connectivity index is 1.03. The average Bonchev–Trinajstić information content (AvgIpc) is 3.49. The first-order valence-electron chi connectivity index (χ1n) is 18.5. The van der Waals surface area contributed by atoms with E-state index in [4.69, 9.17) is 14.5 Å². The molecule has 1 aliphatic heterocycles. The van der Waals surface area contributed by atoms with Crippen molar-refractivity contribution >= 4 is 0 Å². The third kappa shape index (κ3) is 5.48. The molecule has 0 radical (unpaired) electrons. The predicted molar refractivity (Wildman–Crippen MR) is 220 cm³/mol. The zero-order valence-corrected chi connectivity index (χ0v) is 30.4. The second kappa shape index (κ2) is 12.7. The Morgan fingerprint density at radius 3 is 1.91 bits per heavy atom. The molecule has 4 heteroatoms. The lowest BCUT2D eigenvalue weighted by molar-refractivity contribution is 0.361. The highest BCUT2D eigenvalue weighted by Crippen LogP contribution is 2.59. The number of para-hydroxylation sites is 1. The van der Waals surface area contributed by atoms with Crippen LogP contribution >= 0.6 is 0 Å². The van der Waals surface area contributed by atoms with Gasteiger partial charge in [-0.3, -0.25) is 0 Å². The Kier molecular flexibility index (Phi) is 7.50. The molecule has 2 aliphatic rings. The molecule has 0 N–H and O–H groups in total. The smallest absolute Gasteiger partial charge is 0.178 e. The van der Waals surface area contributed by atoms with Crippen molar-refractivity contribution in [1.82, 2.24) is 4.98 Å². The van der Waals surface area contributed by atoms with Gasteiger partial charge in [-0.1, -0.05) is 141 Å². The van der Waals surface area contributed by atoms with Crippen molar-refractivity contribution in [2.45, 2.75) is 19.3 Å². The molecule has 0 fully saturated rings. The molecule has 7 aromatic carbocycles. The van der Waals surface area contributed by atoms with E-state index >= 15 is 0 Å². The van der Waals surface area contributed by atoms with Gasteiger partial charge in [0, 0.05) is 27.7 Å². The number of hydrogen-bond acceptors (Lipinski definition) is 4. The maximum Gasteiger partial charge on any atom is 0.178 e. The van der Waals surface area contributed by atoms with Crippen molar-refractivity contribution in [3.63, 3.8) is 0 Å². The van der Waals surface area contributed by atoms with Crippen LogP contribution in [0.1, 0.15) is 30.5 Å². The van der Waals surface area contributed by atoms with Crippen molar-refractivity contribution in [3.05, 3.63) is 187 Å². The third-order valence-electron chi connectivity index (χ3n) is 11.0. The molecule has 0 saturated heterocycles. The highest BCUT2D eigenvalue weighted by molar-refractivity contribution is 5.89. The Hall–Kier alpha value is -7.22. The summed E-state index contributed by atoms with van der Waals surface area (Å²) in [6.45, 7) is 4.55. The van der Waals surface area contributed by atoms with Gasteiger partial charge in [-0.2, -0.15) is 5.26 Å². The van der Waals surface area contributed by atoms with E-state index in [0.29, 0.717) is 11.3 Å². The highest BCUT2D eigenvalue weighted by atomic mass is 16.6. The van der Waals surface area contributed by atoms with E-state index < -0.39 is 0 Å². The molecule has 1 aliphatic carbocycles. The van der Waals surface area contributed by atoms with E-state index in [9.17, 15) is 5.26 Å². The lowest BCUT2D eigenvalue weighted by Gasteiger charge is -2.26. The number of aromatic nitrogens is 1. The minimum absolute atomic E-state index is 0.139. The van der Waals surface area contributed by atoms with Crippen LogP contribution in [0.3, 0.4) is 0 Å². The summed E-state index contributed by atoms with van der Waals surface area (Å²) >= 11 is 0. The molecule has 8 aromatic rings. The number of hydrogen-bond donors (Lipinski definition) is 0. The summed E-state index contributed by atoms with van der Waals surface area (Å²) in [5.74, 6) is 2.92. The topological polar surface area (TPSA) is 55.1 Å². The number of ether oxygens (including phenoxy) is 2. The minimum atomic E-state index is -0.139. The van der Waals surface area contributed by atoms with Crippen LogP contribution in [0, 0.1) is 11.3 Å². The van der Waals surface area contributed by atoms with Gasteiger partial charge >= 0.3 is 0 Å². The largest absolute Gasteiger partial charge is 0.449 e. The second-order valence-corrected chi connectivity index (χ2v) is 14.7. The molecule has 0 spiro atoms. The monoisotopic (exact) mass is 706 g/mol. The van der Waals surface area contributed by atoms with Crippen molar-refractivity contribution < 1.29 is 9.47 Å². The van der Waals surface area contributed by atoms with Crippen LogP contribution < -0.4 is 9.47 Å². The molecule has 260 valence electrons. The predicted octanol–water partition coefficient (Wildman–Crippen LogP) is 13.5. The van der Waals surface area contributed by atoms with E-state index in [0.717, 1.165) is 78.7 Å². The van der Waals surface area contributed by atoms with Gasteiger partial charge in [-0.15, -0.1) is 0 Å². The summed E-state index contributed by atoms with van der Waals surface area (Å²) in [7, 11) is 0. The molecule has 55 heavy (non-hydrogen) atoms. The Labute approximate surface area is 320 Å². The molecule has 10 rings (SSSR count). The van der Waals surface area contributed by atoms with Crippen LogP contribution in [0.25, 0.3) is 67.0 Å². The maximum atomic E-state index is 9.49. The van der Waals surface area contributed by atoms with Gasteiger partial charge in [-0.25, -0.2) is 4.98 Å². The van der Waals surface area contributed by atoms with Crippen LogP contribution in [0.5, 0.6) is 23.0 Å². The van der Waals surface area contributed by atoms with E-state index in [-0.39, 0.29) is 5.41 Å². The van der Waals surface area contributed by atoms with Gasteiger partial charge in [0.1, 0.15) is 0 Å². The molecule has 4 nitrogen and oxygen atoms in total. The number of nitriles is 1. The minimum Gasteiger partial charge on any atom is -0.449 e. The molecule has 0 saturated carbocycles. The fourth-order valence-corrected chi connectivity index (χ4v) is 8.14. The summed E-state index contributed by atoms with van der Waals surface area (Å²) < 4.78 is 13.5.